The van der Waals surface area contributed by atoms with Gasteiger partial charge in [0.25, 0.3) is 0 Å². The zero-order chi connectivity index (χ0) is 16.0. The van der Waals surface area contributed by atoms with Gasteiger partial charge in [0.1, 0.15) is 5.82 Å². The number of primary amides is 1. The summed E-state index contributed by atoms with van der Waals surface area (Å²) in [5.41, 5.74) is 6.31. The van der Waals surface area contributed by atoms with E-state index in [9.17, 15) is 4.79 Å². The van der Waals surface area contributed by atoms with Gasteiger partial charge in [0, 0.05) is 5.41 Å². The number of aromatic nitrogens is 3. The van der Waals surface area contributed by atoms with Gasteiger partial charge in [0.15, 0.2) is 5.82 Å². The van der Waals surface area contributed by atoms with Gasteiger partial charge in [-0.25, -0.2) is 9.67 Å². The third-order valence-corrected chi connectivity index (χ3v) is 4.50. The summed E-state index contributed by atoms with van der Waals surface area (Å²) in [5.74, 6) is 1.01. The summed E-state index contributed by atoms with van der Waals surface area (Å²) in [5, 5.41) is 6.88. The Kier molecular flexibility index (Phi) is 2.98. The summed E-state index contributed by atoms with van der Waals surface area (Å²) in [4.78, 5) is 15.8. The molecular weight excluding hydrogens is 288 g/mol. The van der Waals surface area contributed by atoms with Crippen LogP contribution in [0.3, 0.4) is 0 Å². The number of hydrogen-bond acceptors (Lipinski definition) is 3. The van der Waals surface area contributed by atoms with E-state index in [2.05, 4.69) is 41.3 Å². The first-order valence-corrected chi connectivity index (χ1v) is 7.79. The molecule has 1 aliphatic rings. The van der Waals surface area contributed by atoms with E-state index in [4.69, 9.17) is 5.73 Å². The van der Waals surface area contributed by atoms with Crippen molar-refractivity contribution in [2.45, 2.75) is 31.6 Å². The van der Waals surface area contributed by atoms with Crippen LogP contribution in [0.2, 0.25) is 0 Å². The van der Waals surface area contributed by atoms with Crippen molar-refractivity contribution in [3.8, 4) is 5.69 Å². The maximum Gasteiger partial charge on any atom is 0.225 e. The van der Waals surface area contributed by atoms with Gasteiger partial charge in [0.05, 0.1) is 12.1 Å². The minimum Gasteiger partial charge on any atom is -0.369 e. The van der Waals surface area contributed by atoms with Gasteiger partial charge >= 0.3 is 0 Å². The highest BCUT2D eigenvalue weighted by Gasteiger charge is 2.44. The number of fused-ring (bicyclic) bond motifs is 1. The summed E-state index contributed by atoms with van der Waals surface area (Å²) < 4.78 is 1.87. The van der Waals surface area contributed by atoms with E-state index in [1.165, 1.54) is 5.39 Å². The van der Waals surface area contributed by atoms with Crippen molar-refractivity contribution in [1.82, 2.24) is 14.8 Å². The molecule has 2 aromatic carbocycles. The first-order chi connectivity index (χ1) is 11.0. The first-order valence-electron chi connectivity index (χ1n) is 7.79. The summed E-state index contributed by atoms with van der Waals surface area (Å²) in [6.07, 6.45) is 2.26. The molecule has 5 heteroatoms. The molecule has 116 valence electrons. The van der Waals surface area contributed by atoms with Crippen molar-refractivity contribution in [1.29, 1.82) is 0 Å². The fourth-order valence-corrected chi connectivity index (χ4v) is 2.88. The van der Waals surface area contributed by atoms with Gasteiger partial charge in [-0.15, -0.1) is 0 Å². The maximum absolute atomic E-state index is 11.2. The molecule has 0 unspecified atom stereocenters. The van der Waals surface area contributed by atoms with Crippen LogP contribution >= 0.6 is 0 Å². The number of nitrogens with two attached hydrogens (primary N) is 1. The number of amides is 1. The van der Waals surface area contributed by atoms with Gasteiger partial charge in [-0.05, 0) is 35.7 Å². The SMILES string of the molecule is CC1(c2nc(CC(N)=O)nn2-c2ccc3ccccc3c2)CC1. The van der Waals surface area contributed by atoms with E-state index in [0.29, 0.717) is 5.82 Å². The third-order valence-electron chi connectivity index (χ3n) is 4.50. The Labute approximate surface area is 134 Å². The van der Waals surface area contributed by atoms with E-state index in [0.717, 1.165) is 29.7 Å². The van der Waals surface area contributed by atoms with Crippen molar-refractivity contribution < 1.29 is 4.79 Å². The lowest BCUT2D eigenvalue weighted by molar-refractivity contribution is -0.117. The van der Waals surface area contributed by atoms with E-state index in [1.807, 2.05) is 22.9 Å². The largest absolute Gasteiger partial charge is 0.369 e. The smallest absolute Gasteiger partial charge is 0.225 e. The van der Waals surface area contributed by atoms with Crippen LogP contribution in [0.4, 0.5) is 0 Å². The summed E-state index contributed by atoms with van der Waals surface area (Å²) in [6, 6.07) is 14.4. The van der Waals surface area contributed by atoms with Crippen LogP contribution in [0, 0.1) is 0 Å². The Bertz CT molecular complexity index is 908. The minimum absolute atomic E-state index is 0.0501. The molecule has 0 saturated heterocycles. The molecule has 23 heavy (non-hydrogen) atoms. The van der Waals surface area contributed by atoms with E-state index in [1.54, 1.807) is 0 Å². The highest BCUT2D eigenvalue weighted by atomic mass is 16.1. The number of carbonyl (C=O) groups is 1. The van der Waals surface area contributed by atoms with Crippen molar-refractivity contribution in [3.05, 3.63) is 54.1 Å². The van der Waals surface area contributed by atoms with Gasteiger partial charge < -0.3 is 5.73 Å². The van der Waals surface area contributed by atoms with E-state index in [-0.39, 0.29) is 11.8 Å². The third kappa shape index (κ3) is 2.48. The van der Waals surface area contributed by atoms with Crippen molar-refractivity contribution in [2.75, 3.05) is 0 Å². The van der Waals surface area contributed by atoms with E-state index >= 15 is 0 Å². The normalized spacial score (nSPS) is 15.7. The number of hydrogen-bond donors (Lipinski definition) is 1. The number of carbonyl (C=O) groups excluding carboxylic acids is 1. The molecular formula is C18H18N4O. The highest BCUT2D eigenvalue weighted by Crippen LogP contribution is 2.47. The second-order valence-electron chi connectivity index (χ2n) is 6.50. The predicted molar refractivity (Wildman–Crippen MR) is 88.3 cm³/mol. The van der Waals surface area contributed by atoms with Crippen molar-refractivity contribution in [2.24, 2.45) is 5.73 Å². The number of benzene rings is 2. The molecule has 0 radical (unpaired) electrons. The topological polar surface area (TPSA) is 73.8 Å². The Morgan fingerprint density at radius 1 is 1.22 bits per heavy atom. The predicted octanol–water partition coefficient (Wildman–Crippen LogP) is 2.50. The van der Waals surface area contributed by atoms with Gasteiger partial charge in [-0.1, -0.05) is 37.3 Å². The van der Waals surface area contributed by atoms with Crippen LogP contribution < -0.4 is 5.73 Å². The molecule has 5 nitrogen and oxygen atoms in total. The Hall–Kier alpha value is -2.69. The zero-order valence-electron chi connectivity index (χ0n) is 13.0. The molecule has 1 aliphatic carbocycles. The molecule has 0 aliphatic heterocycles. The molecule has 0 atom stereocenters. The minimum atomic E-state index is -0.409. The van der Waals surface area contributed by atoms with Crippen LogP contribution in [0.25, 0.3) is 16.5 Å². The van der Waals surface area contributed by atoms with Crippen LogP contribution in [0.1, 0.15) is 31.4 Å². The summed E-state index contributed by atoms with van der Waals surface area (Å²) in [7, 11) is 0. The Morgan fingerprint density at radius 3 is 2.65 bits per heavy atom. The molecule has 3 aromatic rings. The lowest BCUT2D eigenvalue weighted by atomic mass is 10.1. The van der Waals surface area contributed by atoms with Crippen LogP contribution in [0.5, 0.6) is 0 Å². The molecule has 1 fully saturated rings. The molecule has 2 N–H and O–H groups in total. The average molecular weight is 306 g/mol. The maximum atomic E-state index is 11.2. The quantitative estimate of drug-likeness (QED) is 0.805. The Balaban J connectivity index is 1.85. The van der Waals surface area contributed by atoms with Gasteiger partial charge in [-0.2, -0.15) is 5.10 Å². The van der Waals surface area contributed by atoms with Crippen molar-refractivity contribution >= 4 is 16.7 Å². The fraction of sp³-hybridized carbons (Fsp3) is 0.278. The molecule has 1 amide bonds. The van der Waals surface area contributed by atoms with Crippen LogP contribution in [-0.4, -0.2) is 20.7 Å². The number of nitrogens with zero attached hydrogens (tertiary/aromatic N) is 3. The first kappa shape index (κ1) is 13.9. The molecule has 0 spiro atoms. The second kappa shape index (κ2) is 4.91. The van der Waals surface area contributed by atoms with Gasteiger partial charge in [-0.3, -0.25) is 4.79 Å². The molecule has 1 saturated carbocycles. The van der Waals surface area contributed by atoms with Crippen LogP contribution in [-0.2, 0) is 16.6 Å². The summed E-state index contributed by atoms with van der Waals surface area (Å²) >= 11 is 0. The summed E-state index contributed by atoms with van der Waals surface area (Å²) in [6.45, 7) is 2.18. The molecule has 1 heterocycles. The average Bonchev–Trinajstić information content (AvgIpc) is 3.14. The molecule has 4 rings (SSSR count). The van der Waals surface area contributed by atoms with Gasteiger partial charge in [0.2, 0.25) is 5.91 Å². The second-order valence-corrected chi connectivity index (χ2v) is 6.50. The zero-order valence-corrected chi connectivity index (χ0v) is 13.0. The number of rotatable bonds is 4. The lowest BCUT2D eigenvalue weighted by Crippen LogP contribution is -2.14. The standard InChI is InChI=1S/C18H18N4O/c1-18(8-9-18)17-20-16(11-15(19)23)21-22(17)14-7-6-12-4-2-3-5-13(12)10-14/h2-7,10H,8-9,11H2,1H3,(H2,19,23). The molecule has 1 aromatic heterocycles. The highest BCUT2D eigenvalue weighted by molar-refractivity contribution is 5.84. The van der Waals surface area contributed by atoms with Crippen molar-refractivity contribution in [3.63, 3.8) is 0 Å². The lowest BCUT2D eigenvalue weighted by Gasteiger charge is -2.11. The Morgan fingerprint density at radius 2 is 1.96 bits per heavy atom. The monoisotopic (exact) mass is 306 g/mol. The fourth-order valence-electron chi connectivity index (χ4n) is 2.88. The van der Waals surface area contributed by atoms with E-state index < -0.39 is 5.91 Å². The molecule has 0 bridgehead atoms. The van der Waals surface area contributed by atoms with Crippen LogP contribution in [0.15, 0.2) is 42.5 Å².